The van der Waals surface area contributed by atoms with Gasteiger partial charge in [-0.15, -0.1) is 0 Å². The Morgan fingerprint density at radius 3 is 2.50 bits per heavy atom. The van der Waals surface area contributed by atoms with Crippen molar-refractivity contribution < 1.29 is 9.59 Å². The van der Waals surface area contributed by atoms with Crippen molar-refractivity contribution in [3.63, 3.8) is 0 Å². The van der Waals surface area contributed by atoms with Crippen LogP contribution in [0.3, 0.4) is 0 Å². The fourth-order valence-electron chi connectivity index (χ4n) is 4.95. The van der Waals surface area contributed by atoms with Gasteiger partial charge in [0.2, 0.25) is 5.91 Å². The van der Waals surface area contributed by atoms with Crippen molar-refractivity contribution in [3.05, 3.63) is 86.1 Å². The summed E-state index contributed by atoms with van der Waals surface area (Å²) < 4.78 is 0. The third kappa shape index (κ3) is 4.67. The molecule has 0 aromatic heterocycles. The Kier molecular flexibility index (Phi) is 6.95. The van der Waals surface area contributed by atoms with Crippen LogP contribution < -0.4 is 10.6 Å². The van der Waals surface area contributed by atoms with Gasteiger partial charge >= 0.3 is 0 Å². The van der Waals surface area contributed by atoms with E-state index in [0.717, 1.165) is 52.0 Å². The van der Waals surface area contributed by atoms with Crippen LogP contribution in [0.4, 0.5) is 5.69 Å². The third-order valence-electron chi connectivity index (χ3n) is 6.45. The smallest absolute Gasteiger partial charge is 0.234 e. The van der Waals surface area contributed by atoms with Crippen molar-refractivity contribution in [1.29, 1.82) is 5.26 Å². The Morgan fingerprint density at radius 2 is 1.82 bits per heavy atom. The molecular formula is C28H29N3O2S. The standard InChI is InChI=1S/C28H29N3O2S/c1-16-12-18(3)27(19(4)13-16)31-24(33)15-34-28-21(14-29)25(20-9-6-5-8-17(20)2)26-22(30-28)10-7-11-23(26)32/h5-6,8-9,12-13,25,30H,7,10-11,15H2,1-4H3,(H,31,33)/t25-/m1/s1. The first-order valence-corrected chi connectivity index (χ1v) is 12.5. The Hall–Kier alpha value is -3.30. The Bertz CT molecular complexity index is 1260. The molecule has 0 saturated heterocycles. The van der Waals surface area contributed by atoms with E-state index in [1.54, 1.807) is 0 Å². The molecule has 2 aromatic carbocycles. The van der Waals surface area contributed by atoms with Crippen molar-refractivity contribution in [3.8, 4) is 6.07 Å². The number of amides is 1. The normalized spacial score (nSPS) is 17.7. The predicted molar refractivity (Wildman–Crippen MR) is 137 cm³/mol. The number of hydrogen-bond acceptors (Lipinski definition) is 5. The minimum Gasteiger partial charge on any atom is -0.352 e. The van der Waals surface area contributed by atoms with Crippen LogP contribution in [0, 0.1) is 39.0 Å². The van der Waals surface area contributed by atoms with Crippen molar-refractivity contribution in [2.24, 2.45) is 0 Å². The van der Waals surface area contributed by atoms with E-state index in [2.05, 4.69) is 28.8 Å². The zero-order chi connectivity index (χ0) is 24.4. The summed E-state index contributed by atoms with van der Waals surface area (Å²) in [6.45, 7) is 8.02. The number of ketones is 1. The van der Waals surface area contributed by atoms with Gasteiger partial charge in [0.15, 0.2) is 5.78 Å². The maximum atomic E-state index is 12.9. The van der Waals surface area contributed by atoms with Crippen LogP contribution in [0.15, 0.2) is 58.3 Å². The molecule has 1 atom stereocenters. The second-order valence-corrected chi connectivity index (χ2v) is 10.0. The maximum Gasteiger partial charge on any atom is 0.234 e. The summed E-state index contributed by atoms with van der Waals surface area (Å²) >= 11 is 1.32. The molecule has 0 fully saturated rings. The number of carbonyl (C=O) groups excluding carboxylic acids is 2. The molecule has 1 heterocycles. The zero-order valence-corrected chi connectivity index (χ0v) is 20.9. The van der Waals surface area contributed by atoms with Crippen LogP contribution in [0.2, 0.25) is 0 Å². The summed E-state index contributed by atoms with van der Waals surface area (Å²) in [7, 11) is 0. The van der Waals surface area contributed by atoms with Gasteiger partial charge in [0, 0.05) is 23.4 Å². The molecule has 0 radical (unpaired) electrons. The van der Waals surface area contributed by atoms with E-state index >= 15 is 0 Å². The molecule has 0 spiro atoms. The largest absolute Gasteiger partial charge is 0.352 e. The van der Waals surface area contributed by atoms with Crippen molar-refractivity contribution in [2.75, 3.05) is 11.1 Å². The van der Waals surface area contributed by atoms with Crippen molar-refractivity contribution in [2.45, 2.75) is 52.9 Å². The number of rotatable bonds is 5. The summed E-state index contributed by atoms with van der Waals surface area (Å²) in [5.74, 6) is -0.264. The third-order valence-corrected chi connectivity index (χ3v) is 7.47. The number of Topliss-reactive ketones (excluding diaryl/α,β-unsaturated/α-hetero) is 1. The Morgan fingerprint density at radius 1 is 1.12 bits per heavy atom. The molecule has 4 rings (SSSR count). The molecule has 2 aliphatic rings. The lowest BCUT2D eigenvalue weighted by molar-refractivity contribution is -0.116. The molecule has 34 heavy (non-hydrogen) atoms. The van der Waals surface area contributed by atoms with E-state index in [4.69, 9.17) is 0 Å². The van der Waals surface area contributed by atoms with Crippen LogP contribution in [0.1, 0.15) is 53.0 Å². The molecule has 1 aliphatic carbocycles. The highest BCUT2D eigenvalue weighted by Gasteiger charge is 2.37. The Labute approximate surface area is 205 Å². The highest BCUT2D eigenvalue weighted by molar-refractivity contribution is 8.03. The van der Waals surface area contributed by atoms with Gasteiger partial charge in [-0.2, -0.15) is 5.26 Å². The van der Waals surface area contributed by atoms with Gasteiger partial charge in [0.1, 0.15) is 0 Å². The fourth-order valence-corrected chi connectivity index (χ4v) is 5.81. The Balaban J connectivity index is 1.63. The molecule has 1 amide bonds. The van der Waals surface area contributed by atoms with Crippen LogP contribution in [-0.2, 0) is 9.59 Å². The van der Waals surface area contributed by atoms with Crippen molar-refractivity contribution >= 4 is 29.1 Å². The molecule has 1 aliphatic heterocycles. The van der Waals surface area contributed by atoms with E-state index in [1.807, 2.05) is 52.0 Å². The van der Waals surface area contributed by atoms with Gasteiger partial charge in [-0.05, 0) is 62.8 Å². The summed E-state index contributed by atoms with van der Waals surface area (Å²) in [6, 6.07) is 14.4. The summed E-state index contributed by atoms with van der Waals surface area (Å²) in [5.41, 5.74) is 8.15. The molecule has 0 bridgehead atoms. The van der Waals surface area contributed by atoms with E-state index in [9.17, 15) is 14.9 Å². The number of hydrogen-bond donors (Lipinski definition) is 2. The summed E-state index contributed by atoms with van der Waals surface area (Å²) in [4.78, 5) is 25.8. The first kappa shape index (κ1) is 23.8. The summed E-state index contributed by atoms with van der Waals surface area (Å²) in [5, 5.41) is 17.2. The monoisotopic (exact) mass is 471 g/mol. The predicted octanol–water partition coefficient (Wildman–Crippen LogP) is 5.72. The zero-order valence-electron chi connectivity index (χ0n) is 20.0. The van der Waals surface area contributed by atoms with E-state index in [-0.39, 0.29) is 17.4 Å². The van der Waals surface area contributed by atoms with Crippen LogP contribution >= 0.6 is 11.8 Å². The topological polar surface area (TPSA) is 82.0 Å². The van der Waals surface area contributed by atoms with Gasteiger partial charge in [0.25, 0.3) is 0 Å². The lowest BCUT2D eigenvalue weighted by Crippen LogP contribution is -2.32. The molecule has 174 valence electrons. The van der Waals surface area contributed by atoms with Gasteiger partial charge in [-0.3, -0.25) is 9.59 Å². The molecular weight excluding hydrogens is 442 g/mol. The number of anilines is 1. The first-order valence-electron chi connectivity index (χ1n) is 11.5. The fraction of sp³-hybridized carbons (Fsp3) is 0.321. The SMILES string of the molecule is Cc1cc(C)c(NC(=O)CSC2=C(C#N)[C@@H](c3ccccc3C)C3=C(CCCC3=O)N2)c(C)c1. The van der Waals surface area contributed by atoms with E-state index < -0.39 is 5.92 Å². The highest BCUT2D eigenvalue weighted by Crippen LogP contribution is 2.44. The minimum atomic E-state index is -0.401. The number of nitrogens with one attached hydrogen (secondary N) is 2. The van der Waals surface area contributed by atoms with Crippen molar-refractivity contribution in [1.82, 2.24) is 5.32 Å². The van der Waals surface area contributed by atoms with Gasteiger partial charge in [-0.1, -0.05) is 53.7 Å². The molecule has 6 heteroatoms. The average molecular weight is 472 g/mol. The number of aryl methyl sites for hydroxylation is 4. The molecule has 5 nitrogen and oxygen atoms in total. The van der Waals surface area contributed by atoms with Gasteiger partial charge in [0.05, 0.1) is 28.3 Å². The lowest BCUT2D eigenvalue weighted by atomic mass is 9.76. The second kappa shape index (κ2) is 9.90. The number of benzene rings is 2. The number of nitriles is 1. The maximum absolute atomic E-state index is 12.9. The summed E-state index contributed by atoms with van der Waals surface area (Å²) in [6.07, 6.45) is 2.05. The second-order valence-electron chi connectivity index (χ2n) is 9.05. The molecule has 0 unspecified atom stereocenters. The van der Waals surface area contributed by atoms with E-state index in [1.165, 1.54) is 11.8 Å². The number of dihydropyridines is 1. The lowest BCUT2D eigenvalue weighted by Gasteiger charge is -2.33. The van der Waals surface area contributed by atoms with E-state index in [0.29, 0.717) is 22.6 Å². The van der Waals surface area contributed by atoms with Gasteiger partial charge < -0.3 is 10.6 Å². The number of nitrogens with zero attached hydrogens (tertiary/aromatic N) is 1. The number of carbonyl (C=O) groups is 2. The quantitative estimate of drug-likeness (QED) is 0.583. The molecule has 2 aromatic rings. The van der Waals surface area contributed by atoms with Crippen LogP contribution in [-0.4, -0.2) is 17.4 Å². The first-order chi connectivity index (χ1) is 16.3. The minimum absolute atomic E-state index is 0.0990. The number of allylic oxidation sites excluding steroid dienone is 3. The van der Waals surface area contributed by atoms with Gasteiger partial charge in [-0.25, -0.2) is 0 Å². The number of thioether (sulfide) groups is 1. The van der Waals surface area contributed by atoms with Crippen LogP contribution in [0.5, 0.6) is 0 Å². The van der Waals surface area contributed by atoms with Crippen LogP contribution in [0.25, 0.3) is 0 Å². The molecule has 2 N–H and O–H groups in total. The average Bonchev–Trinajstić information content (AvgIpc) is 2.79. The molecule has 0 saturated carbocycles. The highest BCUT2D eigenvalue weighted by atomic mass is 32.2.